The van der Waals surface area contributed by atoms with Gasteiger partial charge in [0, 0.05) is 17.3 Å². The summed E-state index contributed by atoms with van der Waals surface area (Å²) in [5.74, 6) is -1.07. The Kier molecular flexibility index (Phi) is 4.08. The van der Waals surface area contributed by atoms with Crippen LogP contribution in [-0.4, -0.2) is 26.0 Å². The monoisotopic (exact) mass is 350 g/mol. The van der Waals surface area contributed by atoms with Gasteiger partial charge in [0.15, 0.2) is 0 Å². The molecule has 0 aliphatic heterocycles. The van der Waals surface area contributed by atoms with Crippen LogP contribution in [-0.2, 0) is 24.2 Å². The van der Waals surface area contributed by atoms with E-state index in [4.69, 9.17) is 4.74 Å². The van der Waals surface area contributed by atoms with Gasteiger partial charge >= 0.3 is 5.97 Å². The Morgan fingerprint density at radius 1 is 1.12 bits per heavy atom. The van der Waals surface area contributed by atoms with E-state index in [1.54, 1.807) is 0 Å². The molecule has 132 valence electrons. The van der Waals surface area contributed by atoms with Crippen LogP contribution in [0.4, 0.5) is 0 Å². The number of hydrogen-bond donors (Lipinski definition) is 2. The maximum absolute atomic E-state index is 12.2. The first-order valence-corrected chi connectivity index (χ1v) is 8.47. The lowest BCUT2D eigenvalue weighted by atomic mass is 10.2. The summed E-state index contributed by atoms with van der Waals surface area (Å²) in [5.41, 5.74) is 4.04. The first kappa shape index (κ1) is 16.2. The number of fused-ring (bicyclic) bond motifs is 1. The summed E-state index contributed by atoms with van der Waals surface area (Å²) in [6.45, 7) is 0.0430. The summed E-state index contributed by atoms with van der Waals surface area (Å²) >= 11 is 0. The van der Waals surface area contributed by atoms with Gasteiger partial charge in [-0.25, -0.2) is 9.48 Å². The number of esters is 1. The van der Waals surface area contributed by atoms with Crippen molar-refractivity contribution in [1.82, 2.24) is 9.78 Å². The van der Waals surface area contributed by atoms with Gasteiger partial charge < -0.3 is 14.9 Å². The summed E-state index contributed by atoms with van der Waals surface area (Å²) < 4.78 is 7.27. The molecule has 0 atom stereocenters. The van der Waals surface area contributed by atoms with E-state index in [2.05, 4.69) is 5.10 Å². The highest BCUT2D eigenvalue weighted by Crippen LogP contribution is 2.29. The van der Waals surface area contributed by atoms with Gasteiger partial charge in [-0.15, -0.1) is 0 Å². The fourth-order valence-corrected chi connectivity index (χ4v) is 3.32. The van der Waals surface area contributed by atoms with Gasteiger partial charge in [0.1, 0.15) is 29.4 Å². The fraction of sp³-hybridized carbons (Fsp3) is 0.200. The molecule has 1 aliphatic rings. The fourth-order valence-electron chi connectivity index (χ4n) is 3.32. The normalized spacial score (nSPS) is 12.8. The van der Waals surface area contributed by atoms with E-state index in [-0.39, 0.29) is 23.7 Å². The highest BCUT2D eigenvalue weighted by molar-refractivity contribution is 5.92. The number of para-hydroxylation sites is 1. The number of ether oxygens (including phenoxy) is 1. The molecule has 0 bridgehead atoms. The van der Waals surface area contributed by atoms with Crippen LogP contribution in [0.5, 0.6) is 11.5 Å². The summed E-state index contributed by atoms with van der Waals surface area (Å²) in [6.07, 6.45) is 2.92. The van der Waals surface area contributed by atoms with Gasteiger partial charge in [0.25, 0.3) is 0 Å². The van der Waals surface area contributed by atoms with Crippen molar-refractivity contribution in [3.8, 4) is 17.2 Å². The van der Waals surface area contributed by atoms with Crippen molar-refractivity contribution in [3.05, 3.63) is 71.0 Å². The standard InChI is InChI=1S/C20H18N2O4/c23-14-9-10-16(19(24)11-14)20(25)26-12-17-15-7-4-8-18(15)22(21-17)13-5-2-1-3-6-13/h1-3,5-6,9-11,23-24H,4,7-8,12H2. The molecule has 6 nitrogen and oxygen atoms in total. The van der Waals surface area contributed by atoms with E-state index in [1.165, 1.54) is 12.1 Å². The van der Waals surface area contributed by atoms with E-state index in [9.17, 15) is 15.0 Å². The molecule has 3 aromatic rings. The van der Waals surface area contributed by atoms with Crippen LogP contribution >= 0.6 is 0 Å². The predicted octanol–water partition coefficient (Wildman–Crippen LogP) is 3.13. The van der Waals surface area contributed by atoms with Gasteiger partial charge in [-0.1, -0.05) is 18.2 Å². The highest BCUT2D eigenvalue weighted by Gasteiger charge is 2.24. The molecular weight excluding hydrogens is 332 g/mol. The summed E-state index contributed by atoms with van der Waals surface area (Å²) in [6, 6.07) is 13.7. The third-order valence-electron chi connectivity index (χ3n) is 4.56. The van der Waals surface area contributed by atoms with Gasteiger partial charge in [-0.2, -0.15) is 5.10 Å². The third kappa shape index (κ3) is 2.90. The molecule has 0 spiro atoms. The molecule has 0 unspecified atom stereocenters. The van der Waals surface area contributed by atoms with Gasteiger partial charge in [0.2, 0.25) is 0 Å². The smallest absolute Gasteiger partial charge is 0.342 e. The van der Waals surface area contributed by atoms with Crippen molar-refractivity contribution >= 4 is 5.97 Å². The average molecular weight is 350 g/mol. The lowest BCUT2D eigenvalue weighted by molar-refractivity contribution is 0.0463. The second-order valence-electron chi connectivity index (χ2n) is 6.25. The molecule has 1 aromatic heterocycles. The molecule has 2 N–H and O–H groups in total. The highest BCUT2D eigenvalue weighted by atomic mass is 16.5. The van der Waals surface area contributed by atoms with Crippen molar-refractivity contribution in [2.24, 2.45) is 0 Å². The number of benzene rings is 2. The van der Waals surface area contributed by atoms with E-state index in [0.29, 0.717) is 0 Å². The molecule has 26 heavy (non-hydrogen) atoms. The largest absolute Gasteiger partial charge is 0.508 e. The summed E-state index contributed by atoms with van der Waals surface area (Å²) in [7, 11) is 0. The molecule has 0 amide bonds. The van der Waals surface area contributed by atoms with Crippen LogP contribution in [0, 0.1) is 0 Å². The van der Waals surface area contributed by atoms with Crippen molar-refractivity contribution in [1.29, 1.82) is 0 Å². The molecule has 1 heterocycles. The Bertz CT molecular complexity index is 963. The molecule has 0 fully saturated rings. The first-order valence-electron chi connectivity index (χ1n) is 8.47. The second-order valence-corrected chi connectivity index (χ2v) is 6.25. The molecule has 1 aliphatic carbocycles. The molecule has 0 saturated heterocycles. The third-order valence-corrected chi connectivity index (χ3v) is 4.56. The molecular formula is C20H18N2O4. The predicted molar refractivity (Wildman–Crippen MR) is 94.5 cm³/mol. The lowest BCUT2D eigenvalue weighted by Crippen LogP contribution is -2.07. The molecule has 2 aromatic carbocycles. The van der Waals surface area contributed by atoms with Crippen LogP contribution in [0.25, 0.3) is 5.69 Å². The van der Waals surface area contributed by atoms with E-state index >= 15 is 0 Å². The number of aromatic hydroxyl groups is 2. The number of nitrogens with zero attached hydrogens (tertiary/aromatic N) is 2. The number of carbonyl (C=O) groups is 1. The Morgan fingerprint density at radius 2 is 1.92 bits per heavy atom. The van der Waals surface area contributed by atoms with Crippen LogP contribution in [0.2, 0.25) is 0 Å². The minimum absolute atomic E-state index is 0.0157. The Labute approximate surface area is 150 Å². The minimum Gasteiger partial charge on any atom is -0.508 e. The van der Waals surface area contributed by atoms with E-state index in [1.807, 2.05) is 35.0 Å². The zero-order chi connectivity index (χ0) is 18.1. The SMILES string of the molecule is O=C(OCc1nn(-c2ccccc2)c2c1CCC2)c1ccc(O)cc1O. The first-order chi connectivity index (χ1) is 12.6. The van der Waals surface area contributed by atoms with Crippen molar-refractivity contribution < 1.29 is 19.7 Å². The zero-order valence-electron chi connectivity index (χ0n) is 14.1. The summed E-state index contributed by atoms with van der Waals surface area (Å²) in [5, 5.41) is 23.7. The van der Waals surface area contributed by atoms with Crippen molar-refractivity contribution in [2.75, 3.05) is 0 Å². The van der Waals surface area contributed by atoms with E-state index < -0.39 is 5.97 Å². The lowest BCUT2D eigenvalue weighted by Gasteiger charge is -2.06. The number of aromatic nitrogens is 2. The molecule has 0 radical (unpaired) electrons. The van der Waals surface area contributed by atoms with Gasteiger partial charge in [-0.05, 0) is 43.5 Å². The van der Waals surface area contributed by atoms with Crippen molar-refractivity contribution in [3.63, 3.8) is 0 Å². The number of phenols is 2. The number of hydrogen-bond acceptors (Lipinski definition) is 5. The molecule has 0 saturated carbocycles. The topological polar surface area (TPSA) is 84.6 Å². The minimum atomic E-state index is -0.650. The zero-order valence-corrected chi connectivity index (χ0v) is 14.1. The maximum Gasteiger partial charge on any atom is 0.342 e. The quantitative estimate of drug-likeness (QED) is 0.706. The van der Waals surface area contributed by atoms with Crippen molar-refractivity contribution in [2.45, 2.75) is 25.9 Å². The summed E-state index contributed by atoms with van der Waals surface area (Å²) in [4.78, 5) is 12.2. The number of rotatable bonds is 4. The second kappa shape index (κ2) is 6.55. The van der Waals surface area contributed by atoms with Gasteiger partial charge in [0.05, 0.1) is 5.69 Å². The maximum atomic E-state index is 12.2. The Hall–Kier alpha value is -3.28. The molecule has 6 heteroatoms. The van der Waals surface area contributed by atoms with Crippen LogP contribution in [0.1, 0.15) is 33.7 Å². The van der Waals surface area contributed by atoms with Crippen LogP contribution in [0.3, 0.4) is 0 Å². The van der Waals surface area contributed by atoms with Gasteiger partial charge in [-0.3, -0.25) is 0 Å². The Balaban J connectivity index is 1.57. The number of phenolic OH excluding ortho intramolecular Hbond substituents is 2. The average Bonchev–Trinajstić information content (AvgIpc) is 3.23. The van der Waals surface area contributed by atoms with Crippen LogP contribution < -0.4 is 0 Å². The van der Waals surface area contributed by atoms with Crippen LogP contribution in [0.15, 0.2) is 48.5 Å². The van der Waals surface area contributed by atoms with E-state index in [0.717, 1.165) is 48.0 Å². The molecule has 4 rings (SSSR count). The Morgan fingerprint density at radius 3 is 2.69 bits per heavy atom. The number of carbonyl (C=O) groups excluding carboxylic acids is 1.